The highest BCUT2D eigenvalue weighted by Gasteiger charge is 2.11. The van der Waals surface area contributed by atoms with Crippen molar-refractivity contribution in [3.05, 3.63) is 40.3 Å². The Bertz CT molecular complexity index is 771. The maximum absolute atomic E-state index is 11.4. The summed E-state index contributed by atoms with van der Waals surface area (Å²) < 4.78 is 10.9. The van der Waals surface area contributed by atoms with Gasteiger partial charge < -0.3 is 18.9 Å². The van der Waals surface area contributed by atoms with E-state index in [-0.39, 0.29) is 5.91 Å². The smallest absolute Gasteiger partial charge is 0.391 e. The number of hydrogen-bond acceptors (Lipinski definition) is 7. The number of aromatic nitrogens is 1. The Morgan fingerprint density at radius 3 is 2.62 bits per heavy atom. The molecule has 1 aromatic carbocycles. The molecule has 130 valence electrons. The normalized spacial score (nSPS) is 12.0. The van der Waals surface area contributed by atoms with Crippen LogP contribution in [0.2, 0.25) is 0 Å². The minimum Gasteiger partial charge on any atom is -0.427 e. The summed E-state index contributed by atoms with van der Waals surface area (Å²) in [5, 5.41) is 0. The second kappa shape index (κ2) is 8.75. The molecule has 0 saturated carbocycles. The molecule has 1 amide bonds. The first kappa shape index (κ1) is 19.1. The van der Waals surface area contributed by atoms with Gasteiger partial charge in [-0.25, -0.2) is 0 Å². The monoisotopic (exact) mass is 387 g/mol. The second-order valence-corrected chi connectivity index (χ2v) is 7.71. The Labute approximate surface area is 149 Å². The zero-order chi connectivity index (χ0) is 17.7. The summed E-state index contributed by atoms with van der Waals surface area (Å²) in [6, 6.07) is 7.01. The molecule has 2 rings (SSSR count). The van der Waals surface area contributed by atoms with Gasteiger partial charge >= 0.3 is 8.60 Å². The van der Waals surface area contributed by atoms with Crippen LogP contribution in [-0.2, 0) is 11.3 Å². The Hall–Kier alpha value is -1.22. The summed E-state index contributed by atoms with van der Waals surface area (Å²) in [7, 11) is -0.582. The van der Waals surface area contributed by atoms with Crippen molar-refractivity contribution >= 4 is 37.8 Å². The highest BCUT2D eigenvalue weighted by atomic mass is 32.2. The SMILES string of the molecule is CNSc1sc(=NC(C)=O)n(Cc2ccc(OP(O)O)cc2)c1C. The van der Waals surface area contributed by atoms with E-state index in [0.29, 0.717) is 17.1 Å². The summed E-state index contributed by atoms with van der Waals surface area (Å²) in [5.74, 6) is 0.149. The molecule has 2 aromatic rings. The van der Waals surface area contributed by atoms with Crippen LogP contribution in [0.5, 0.6) is 5.75 Å². The second-order valence-electron chi connectivity index (χ2n) is 4.77. The van der Waals surface area contributed by atoms with Crippen molar-refractivity contribution in [1.82, 2.24) is 9.29 Å². The van der Waals surface area contributed by atoms with E-state index in [9.17, 15) is 4.79 Å². The average molecular weight is 387 g/mol. The van der Waals surface area contributed by atoms with E-state index in [0.717, 1.165) is 15.5 Å². The number of thiazole rings is 1. The Morgan fingerprint density at radius 1 is 1.42 bits per heavy atom. The molecule has 0 fully saturated rings. The lowest BCUT2D eigenvalue weighted by atomic mass is 10.2. The molecule has 0 unspecified atom stereocenters. The first-order valence-corrected chi connectivity index (χ1v) is 9.74. The Morgan fingerprint density at radius 2 is 2.08 bits per heavy atom. The minimum absolute atomic E-state index is 0.242. The van der Waals surface area contributed by atoms with Crippen molar-refractivity contribution < 1.29 is 19.1 Å². The largest absolute Gasteiger partial charge is 0.427 e. The first-order valence-electron chi connectivity index (χ1n) is 6.94. The van der Waals surface area contributed by atoms with Gasteiger partial charge in [0.25, 0.3) is 0 Å². The topological polar surface area (TPSA) is 96.1 Å². The summed E-state index contributed by atoms with van der Waals surface area (Å²) in [4.78, 5) is 33.8. The third-order valence-corrected chi connectivity index (χ3v) is 5.55. The average Bonchev–Trinajstić information content (AvgIpc) is 2.77. The van der Waals surface area contributed by atoms with E-state index in [1.165, 1.54) is 30.2 Å². The van der Waals surface area contributed by atoms with Crippen molar-refractivity contribution in [2.75, 3.05) is 7.05 Å². The van der Waals surface area contributed by atoms with Crippen LogP contribution in [0.4, 0.5) is 0 Å². The van der Waals surface area contributed by atoms with E-state index >= 15 is 0 Å². The van der Waals surface area contributed by atoms with Gasteiger partial charge in [0.1, 0.15) is 5.75 Å². The van der Waals surface area contributed by atoms with Crippen molar-refractivity contribution in [1.29, 1.82) is 0 Å². The Balaban J connectivity index is 2.32. The highest BCUT2D eigenvalue weighted by molar-refractivity contribution is 7.99. The standard InChI is InChI=1S/C14H18N3O4PS2/c1-9-13(24-15-3)23-14(16-10(2)18)17(9)8-11-4-6-12(7-5-11)21-22(19)20/h4-7,15,19-20H,8H2,1-3H3. The third-order valence-electron chi connectivity index (χ3n) is 3.01. The fourth-order valence-corrected chi connectivity index (χ4v) is 4.29. The lowest BCUT2D eigenvalue weighted by Crippen LogP contribution is -2.18. The van der Waals surface area contributed by atoms with Crippen molar-refractivity contribution in [2.24, 2.45) is 4.99 Å². The number of amides is 1. The molecule has 0 saturated heterocycles. The molecule has 1 heterocycles. The van der Waals surface area contributed by atoms with Crippen LogP contribution in [0, 0.1) is 6.92 Å². The Kier molecular flexibility index (Phi) is 6.97. The molecule has 0 aliphatic heterocycles. The highest BCUT2D eigenvalue weighted by Crippen LogP contribution is 2.29. The minimum atomic E-state index is -2.42. The maximum Gasteiger partial charge on any atom is 0.391 e. The van der Waals surface area contributed by atoms with Gasteiger partial charge in [0.15, 0.2) is 4.80 Å². The van der Waals surface area contributed by atoms with Crippen molar-refractivity contribution in [3.63, 3.8) is 0 Å². The molecule has 0 aliphatic rings. The molecular formula is C14H18N3O4PS2. The van der Waals surface area contributed by atoms with Gasteiger partial charge in [0.2, 0.25) is 5.91 Å². The summed E-state index contributed by atoms with van der Waals surface area (Å²) >= 11 is 2.94. The number of nitrogens with one attached hydrogen (secondary N) is 1. The van der Waals surface area contributed by atoms with Crippen LogP contribution >= 0.6 is 31.9 Å². The molecule has 0 aliphatic carbocycles. The lowest BCUT2D eigenvalue weighted by molar-refractivity contribution is -0.116. The van der Waals surface area contributed by atoms with Crippen molar-refractivity contribution in [2.45, 2.75) is 24.6 Å². The molecule has 10 heteroatoms. The van der Waals surface area contributed by atoms with Crippen LogP contribution in [0.1, 0.15) is 18.2 Å². The summed E-state index contributed by atoms with van der Waals surface area (Å²) in [5.41, 5.74) is 2.00. The summed E-state index contributed by atoms with van der Waals surface area (Å²) in [6.45, 7) is 3.96. The quantitative estimate of drug-likeness (QED) is 0.519. The maximum atomic E-state index is 11.4. The molecule has 0 bridgehead atoms. The van der Waals surface area contributed by atoms with E-state index in [1.54, 1.807) is 12.1 Å². The molecule has 0 spiro atoms. The van der Waals surface area contributed by atoms with Gasteiger partial charge in [-0.1, -0.05) is 23.5 Å². The van der Waals surface area contributed by atoms with Gasteiger partial charge in [-0.2, -0.15) is 4.99 Å². The molecule has 0 radical (unpaired) electrons. The zero-order valence-electron chi connectivity index (χ0n) is 13.4. The first-order chi connectivity index (χ1) is 11.4. The van der Waals surface area contributed by atoms with Crippen LogP contribution in [0.15, 0.2) is 33.5 Å². The van der Waals surface area contributed by atoms with E-state index in [4.69, 9.17) is 14.3 Å². The van der Waals surface area contributed by atoms with Gasteiger partial charge in [-0.05, 0) is 43.6 Å². The molecule has 1 aromatic heterocycles. The zero-order valence-corrected chi connectivity index (χ0v) is 15.9. The molecule has 0 atom stereocenters. The molecule has 7 nitrogen and oxygen atoms in total. The number of nitrogens with zero attached hydrogens (tertiary/aromatic N) is 2. The number of carbonyl (C=O) groups excluding carboxylic acids is 1. The van der Waals surface area contributed by atoms with E-state index in [2.05, 4.69) is 9.71 Å². The van der Waals surface area contributed by atoms with Crippen LogP contribution < -0.4 is 14.0 Å². The van der Waals surface area contributed by atoms with Crippen LogP contribution in [-0.4, -0.2) is 27.3 Å². The molecular weight excluding hydrogens is 369 g/mol. The van der Waals surface area contributed by atoms with Gasteiger partial charge in [0.05, 0.1) is 10.8 Å². The number of rotatable bonds is 6. The van der Waals surface area contributed by atoms with E-state index < -0.39 is 8.60 Å². The fourth-order valence-electron chi connectivity index (χ4n) is 1.99. The van der Waals surface area contributed by atoms with Gasteiger partial charge in [0, 0.05) is 12.6 Å². The predicted molar refractivity (Wildman–Crippen MR) is 95.7 cm³/mol. The van der Waals surface area contributed by atoms with Crippen molar-refractivity contribution in [3.8, 4) is 5.75 Å². The van der Waals surface area contributed by atoms with E-state index in [1.807, 2.05) is 30.7 Å². The molecule has 3 N–H and O–H groups in total. The predicted octanol–water partition coefficient (Wildman–Crippen LogP) is 2.17. The lowest BCUT2D eigenvalue weighted by Gasteiger charge is -2.09. The van der Waals surface area contributed by atoms with Crippen LogP contribution in [0.25, 0.3) is 0 Å². The molecule has 24 heavy (non-hydrogen) atoms. The third kappa shape index (κ3) is 5.14. The summed E-state index contributed by atoms with van der Waals surface area (Å²) in [6.07, 6.45) is 0. The number of hydrogen-bond donors (Lipinski definition) is 3. The van der Waals surface area contributed by atoms with Crippen LogP contribution in [0.3, 0.4) is 0 Å². The number of carbonyl (C=O) groups is 1. The fraction of sp³-hybridized carbons (Fsp3) is 0.286. The number of benzene rings is 1. The van der Waals surface area contributed by atoms with Gasteiger partial charge in [-0.15, -0.1) is 0 Å². The van der Waals surface area contributed by atoms with Gasteiger partial charge in [-0.3, -0.25) is 9.52 Å².